The minimum Gasteiger partial charge on any atom is -0.495 e. The minimum absolute atomic E-state index is 0.0825. The molecule has 6 nitrogen and oxygen atoms in total. The van der Waals surface area contributed by atoms with Gasteiger partial charge in [0.05, 0.1) is 18.4 Å². The Labute approximate surface area is 168 Å². The maximum atomic E-state index is 13.1. The van der Waals surface area contributed by atoms with Gasteiger partial charge in [-0.05, 0) is 42.0 Å². The highest BCUT2D eigenvalue weighted by atomic mass is 16.5. The third-order valence-electron chi connectivity index (χ3n) is 4.68. The Morgan fingerprint density at radius 2 is 1.69 bits per heavy atom. The van der Waals surface area contributed by atoms with E-state index in [1.165, 1.54) is 12.0 Å². The maximum Gasteiger partial charge on any atom is 0.261 e. The van der Waals surface area contributed by atoms with Crippen molar-refractivity contribution in [3.63, 3.8) is 0 Å². The van der Waals surface area contributed by atoms with Crippen molar-refractivity contribution in [1.82, 2.24) is 0 Å². The van der Waals surface area contributed by atoms with Gasteiger partial charge in [-0.25, -0.2) is 0 Å². The van der Waals surface area contributed by atoms with Crippen molar-refractivity contribution in [2.45, 2.75) is 6.61 Å². The van der Waals surface area contributed by atoms with Gasteiger partial charge in [0.2, 0.25) is 5.91 Å². The van der Waals surface area contributed by atoms with E-state index in [4.69, 9.17) is 9.47 Å². The molecular weight excluding hydrogens is 368 g/mol. The van der Waals surface area contributed by atoms with Gasteiger partial charge in [-0.1, -0.05) is 36.4 Å². The molecule has 0 spiro atoms. The monoisotopic (exact) mass is 388 g/mol. The summed E-state index contributed by atoms with van der Waals surface area (Å²) in [4.78, 5) is 26.9. The molecular formula is C23H20N2O4. The summed E-state index contributed by atoms with van der Waals surface area (Å²) in [5.41, 5.74) is 2.48. The highest BCUT2D eigenvalue weighted by Gasteiger charge is 2.29. The van der Waals surface area contributed by atoms with E-state index in [1.54, 1.807) is 42.5 Å². The fraction of sp³-hybridized carbons (Fsp3) is 0.130. The molecule has 1 aliphatic rings. The van der Waals surface area contributed by atoms with Crippen LogP contribution >= 0.6 is 0 Å². The van der Waals surface area contributed by atoms with Crippen LogP contribution in [0.1, 0.15) is 15.9 Å². The zero-order valence-corrected chi connectivity index (χ0v) is 15.9. The molecule has 1 aliphatic heterocycles. The standard InChI is InChI=1S/C23H20N2O4/c1-28-20-9-5-8-19-22(20)24-21(26)14-25(23(19)27)17-10-12-18(13-11-17)29-15-16-6-3-2-4-7-16/h2-13H,14-15H2,1H3,(H,24,26). The Hall–Kier alpha value is -3.80. The van der Waals surface area contributed by atoms with Gasteiger partial charge in [0.25, 0.3) is 5.91 Å². The molecule has 1 heterocycles. The molecule has 0 saturated carbocycles. The predicted octanol–water partition coefficient (Wildman–Crippen LogP) is 3.87. The molecule has 4 rings (SSSR count). The van der Waals surface area contributed by atoms with Gasteiger partial charge in [0.15, 0.2) is 0 Å². The van der Waals surface area contributed by atoms with Gasteiger partial charge in [0, 0.05) is 5.69 Å². The Bertz CT molecular complexity index is 1030. The molecule has 2 amide bonds. The van der Waals surface area contributed by atoms with E-state index < -0.39 is 0 Å². The molecule has 0 atom stereocenters. The minimum atomic E-state index is -0.286. The molecule has 6 heteroatoms. The fourth-order valence-corrected chi connectivity index (χ4v) is 3.22. The SMILES string of the molecule is COc1cccc2c1NC(=O)CN(c1ccc(OCc3ccccc3)cc1)C2=O. The van der Waals surface area contributed by atoms with Gasteiger partial charge in [-0.3, -0.25) is 14.5 Å². The average molecular weight is 388 g/mol. The fourth-order valence-electron chi connectivity index (χ4n) is 3.22. The second-order valence-corrected chi connectivity index (χ2v) is 6.59. The van der Waals surface area contributed by atoms with E-state index in [9.17, 15) is 9.59 Å². The van der Waals surface area contributed by atoms with Crippen molar-refractivity contribution in [3.8, 4) is 11.5 Å². The molecule has 0 unspecified atom stereocenters. The van der Waals surface area contributed by atoms with Crippen molar-refractivity contribution in [2.75, 3.05) is 23.9 Å². The summed E-state index contributed by atoms with van der Waals surface area (Å²) in [6.07, 6.45) is 0. The summed E-state index contributed by atoms with van der Waals surface area (Å²) in [7, 11) is 1.50. The van der Waals surface area contributed by atoms with Crippen LogP contribution < -0.4 is 19.7 Å². The van der Waals surface area contributed by atoms with Crippen LogP contribution in [-0.2, 0) is 11.4 Å². The molecule has 0 bridgehead atoms. The molecule has 0 fully saturated rings. The quantitative estimate of drug-likeness (QED) is 0.720. The molecule has 0 radical (unpaired) electrons. The lowest BCUT2D eigenvalue weighted by molar-refractivity contribution is -0.114. The average Bonchev–Trinajstić information content (AvgIpc) is 2.89. The van der Waals surface area contributed by atoms with Crippen LogP contribution in [0.25, 0.3) is 0 Å². The Morgan fingerprint density at radius 1 is 0.931 bits per heavy atom. The van der Waals surface area contributed by atoms with Crippen LogP contribution in [0.15, 0.2) is 72.8 Å². The highest BCUT2D eigenvalue weighted by molar-refractivity contribution is 6.17. The molecule has 29 heavy (non-hydrogen) atoms. The Morgan fingerprint density at radius 3 is 2.41 bits per heavy atom. The van der Waals surface area contributed by atoms with E-state index in [0.717, 1.165) is 5.56 Å². The lowest BCUT2D eigenvalue weighted by Crippen LogP contribution is -2.34. The number of methoxy groups -OCH3 is 1. The number of fused-ring (bicyclic) bond motifs is 1. The number of nitrogens with one attached hydrogen (secondary N) is 1. The maximum absolute atomic E-state index is 13.1. The predicted molar refractivity (Wildman–Crippen MR) is 111 cm³/mol. The summed E-state index contributed by atoms with van der Waals surface area (Å²) in [6, 6.07) is 22.1. The van der Waals surface area contributed by atoms with Crippen molar-refractivity contribution in [2.24, 2.45) is 0 Å². The van der Waals surface area contributed by atoms with Gasteiger partial charge in [0.1, 0.15) is 24.7 Å². The molecule has 0 saturated heterocycles. The van der Waals surface area contributed by atoms with Crippen LogP contribution in [0.3, 0.4) is 0 Å². The number of amides is 2. The number of carbonyl (C=O) groups is 2. The first kappa shape index (κ1) is 18.6. The summed E-state index contributed by atoms with van der Waals surface area (Å²) in [6.45, 7) is 0.374. The van der Waals surface area contributed by atoms with Crippen molar-refractivity contribution >= 4 is 23.2 Å². The zero-order chi connectivity index (χ0) is 20.2. The first-order valence-electron chi connectivity index (χ1n) is 9.21. The number of hydrogen-bond donors (Lipinski definition) is 1. The molecule has 0 aliphatic carbocycles. The van der Waals surface area contributed by atoms with E-state index in [0.29, 0.717) is 35.0 Å². The smallest absolute Gasteiger partial charge is 0.261 e. The normalized spacial score (nSPS) is 13.3. The van der Waals surface area contributed by atoms with Crippen LogP contribution in [0.4, 0.5) is 11.4 Å². The van der Waals surface area contributed by atoms with Crippen LogP contribution in [0, 0.1) is 0 Å². The molecule has 3 aromatic carbocycles. The summed E-state index contributed by atoms with van der Waals surface area (Å²) < 4.78 is 11.1. The van der Waals surface area contributed by atoms with E-state index in [2.05, 4.69) is 5.32 Å². The van der Waals surface area contributed by atoms with Crippen molar-refractivity contribution < 1.29 is 19.1 Å². The number of benzene rings is 3. The number of rotatable bonds is 5. The van der Waals surface area contributed by atoms with E-state index in [-0.39, 0.29) is 18.4 Å². The molecule has 0 aromatic heterocycles. The van der Waals surface area contributed by atoms with Gasteiger partial charge in [-0.15, -0.1) is 0 Å². The first-order valence-corrected chi connectivity index (χ1v) is 9.21. The van der Waals surface area contributed by atoms with Crippen LogP contribution in [-0.4, -0.2) is 25.5 Å². The van der Waals surface area contributed by atoms with Gasteiger partial charge < -0.3 is 14.8 Å². The first-order chi connectivity index (χ1) is 14.2. The number of carbonyl (C=O) groups excluding carboxylic acids is 2. The number of para-hydroxylation sites is 1. The van der Waals surface area contributed by atoms with Crippen LogP contribution in [0.2, 0.25) is 0 Å². The largest absolute Gasteiger partial charge is 0.495 e. The highest BCUT2D eigenvalue weighted by Crippen LogP contribution is 2.32. The number of anilines is 2. The number of ether oxygens (including phenoxy) is 2. The lowest BCUT2D eigenvalue weighted by atomic mass is 10.1. The molecule has 1 N–H and O–H groups in total. The Balaban J connectivity index is 1.55. The Kier molecular flexibility index (Phi) is 5.16. The third-order valence-corrected chi connectivity index (χ3v) is 4.68. The van der Waals surface area contributed by atoms with Crippen LogP contribution in [0.5, 0.6) is 11.5 Å². The summed E-state index contributed by atoms with van der Waals surface area (Å²) >= 11 is 0. The van der Waals surface area contributed by atoms with Crippen molar-refractivity contribution in [3.05, 3.63) is 83.9 Å². The second-order valence-electron chi connectivity index (χ2n) is 6.59. The van der Waals surface area contributed by atoms with Gasteiger partial charge >= 0.3 is 0 Å². The summed E-state index contributed by atoms with van der Waals surface area (Å²) in [5, 5.41) is 2.77. The zero-order valence-electron chi connectivity index (χ0n) is 15.9. The number of hydrogen-bond acceptors (Lipinski definition) is 4. The summed E-state index contributed by atoms with van der Waals surface area (Å²) in [5.74, 6) is 0.586. The molecule has 146 valence electrons. The van der Waals surface area contributed by atoms with E-state index in [1.807, 2.05) is 30.3 Å². The second kappa shape index (κ2) is 8.06. The number of nitrogens with zero attached hydrogens (tertiary/aromatic N) is 1. The van der Waals surface area contributed by atoms with Gasteiger partial charge in [-0.2, -0.15) is 0 Å². The lowest BCUT2D eigenvalue weighted by Gasteiger charge is -2.20. The topological polar surface area (TPSA) is 67.9 Å². The van der Waals surface area contributed by atoms with Crippen molar-refractivity contribution in [1.29, 1.82) is 0 Å². The third kappa shape index (κ3) is 3.91. The molecule has 3 aromatic rings. The van der Waals surface area contributed by atoms with E-state index >= 15 is 0 Å².